The molecular weight excluding hydrogens is 284 g/mol. The summed E-state index contributed by atoms with van der Waals surface area (Å²) < 4.78 is 1.12. The van der Waals surface area contributed by atoms with Crippen LogP contribution in [0.25, 0.3) is 0 Å². The monoisotopic (exact) mass is 302 g/mol. The number of halogens is 1. The van der Waals surface area contributed by atoms with Gasteiger partial charge in [-0.1, -0.05) is 19.8 Å². The van der Waals surface area contributed by atoms with E-state index in [0.717, 1.165) is 9.70 Å². The molecule has 0 spiro atoms. The Morgan fingerprint density at radius 1 is 1.50 bits per heavy atom. The Morgan fingerprint density at radius 2 is 2.25 bits per heavy atom. The molecule has 16 heavy (non-hydrogen) atoms. The van der Waals surface area contributed by atoms with Gasteiger partial charge >= 0.3 is 0 Å². The molecule has 1 aliphatic rings. The van der Waals surface area contributed by atoms with Gasteiger partial charge in [-0.05, 0) is 41.6 Å². The minimum absolute atomic E-state index is 0.377. The summed E-state index contributed by atoms with van der Waals surface area (Å²) in [5, 5.41) is 4.91. The molecule has 1 aromatic heterocycles. The van der Waals surface area contributed by atoms with E-state index >= 15 is 0 Å². The molecule has 3 atom stereocenters. The van der Waals surface area contributed by atoms with E-state index in [2.05, 4.69) is 40.1 Å². The minimum Gasteiger partial charge on any atom is -0.305 e. The number of hydrogen-bond acceptors (Lipinski definition) is 3. The molecule has 1 aromatic rings. The van der Waals surface area contributed by atoms with E-state index in [1.165, 1.54) is 30.7 Å². The number of nitrogens with zero attached hydrogens (tertiary/aromatic N) is 1. The third-order valence-electron chi connectivity index (χ3n) is 3.44. The van der Waals surface area contributed by atoms with Gasteiger partial charge in [0.15, 0.2) is 0 Å². The van der Waals surface area contributed by atoms with Crippen LogP contribution in [-0.4, -0.2) is 11.0 Å². The van der Waals surface area contributed by atoms with E-state index in [-0.39, 0.29) is 0 Å². The van der Waals surface area contributed by atoms with Gasteiger partial charge in [0.25, 0.3) is 0 Å². The molecule has 90 valence electrons. The molecule has 1 aliphatic carbocycles. The number of thiazole rings is 1. The zero-order valence-electron chi connectivity index (χ0n) is 9.87. The van der Waals surface area contributed by atoms with Crippen LogP contribution in [0.15, 0.2) is 9.98 Å². The van der Waals surface area contributed by atoms with Crippen molar-refractivity contribution in [2.45, 2.75) is 51.6 Å². The van der Waals surface area contributed by atoms with Gasteiger partial charge in [0, 0.05) is 6.04 Å². The molecule has 0 aromatic carbocycles. The lowest BCUT2D eigenvalue weighted by molar-refractivity contribution is 0.263. The highest BCUT2D eigenvalue weighted by molar-refractivity contribution is 9.11. The zero-order valence-corrected chi connectivity index (χ0v) is 12.3. The molecule has 1 fully saturated rings. The maximum atomic E-state index is 4.42. The molecule has 4 heteroatoms. The van der Waals surface area contributed by atoms with E-state index in [1.807, 2.05) is 6.20 Å². The maximum Gasteiger partial charge on any atom is 0.110 e. The normalized spacial score (nSPS) is 27.9. The number of rotatable bonds is 3. The number of hydrogen-bond donors (Lipinski definition) is 1. The Hall–Kier alpha value is 0.0700. The quantitative estimate of drug-likeness (QED) is 0.908. The first-order chi connectivity index (χ1) is 7.66. The zero-order chi connectivity index (χ0) is 11.5. The fourth-order valence-electron chi connectivity index (χ4n) is 2.42. The van der Waals surface area contributed by atoms with Crippen molar-refractivity contribution in [2.75, 3.05) is 0 Å². The van der Waals surface area contributed by atoms with E-state index in [9.17, 15) is 0 Å². The Bertz CT molecular complexity index is 340. The summed E-state index contributed by atoms with van der Waals surface area (Å²) in [6.45, 7) is 4.58. The van der Waals surface area contributed by atoms with Gasteiger partial charge in [-0.15, -0.1) is 11.3 Å². The van der Waals surface area contributed by atoms with Crippen molar-refractivity contribution in [3.8, 4) is 0 Å². The Labute approximate surface area is 110 Å². The summed E-state index contributed by atoms with van der Waals surface area (Å²) in [7, 11) is 0. The Balaban J connectivity index is 1.93. The third kappa shape index (κ3) is 3.05. The first kappa shape index (κ1) is 12.5. The largest absolute Gasteiger partial charge is 0.305 e. The highest BCUT2D eigenvalue weighted by Gasteiger charge is 2.23. The van der Waals surface area contributed by atoms with Gasteiger partial charge in [0.05, 0.1) is 16.0 Å². The molecule has 0 saturated heterocycles. The van der Waals surface area contributed by atoms with Crippen molar-refractivity contribution >= 4 is 27.3 Å². The average Bonchev–Trinajstić information content (AvgIpc) is 2.68. The van der Waals surface area contributed by atoms with Crippen LogP contribution in [0.2, 0.25) is 0 Å². The van der Waals surface area contributed by atoms with Crippen LogP contribution in [0.1, 0.15) is 50.6 Å². The van der Waals surface area contributed by atoms with Crippen LogP contribution in [0, 0.1) is 5.92 Å². The lowest BCUT2D eigenvalue weighted by atomic mass is 9.85. The van der Waals surface area contributed by atoms with Crippen LogP contribution in [0.3, 0.4) is 0 Å². The van der Waals surface area contributed by atoms with Crippen LogP contribution in [0.4, 0.5) is 0 Å². The lowest BCUT2D eigenvalue weighted by Gasteiger charge is -2.31. The van der Waals surface area contributed by atoms with Crippen molar-refractivity contribution in [3.05, 3.63) is 15.0 Å². The van der Waals surface area contributed by atoms with Gasteiger partial charge in [-0.25, -0.2) is 4.98 Å². The van der Waals surface area contributed by atoms with E-state index in [4.69, 9.17) is 0 Å². The topological polar surface area (TPSA) is 24.9 Å². The molecule has 1 N–H and O–H groups in total. The van der Waals surface area contributed by atoms with E-state index < -0.39 is 0 Å². The highest BCUT2D eigenvalue weighted by Crippen LogP contribution is 2.28. The maximum absolute atomic E-state index is 4.42. The van der Waals surface area contributed by atoms with Crippen LogP contribution < -0.4 is 5.32 Å². The summed E-state index contributed by atoms with van der Waals surface area (Å²) in [6, 6.07) is 1.05. The SMILES string of the molecule is CC(NC1CCCCC1C)c1ncc(Br)s1. The molecule has 0 aliphatic heterocycles. The van der Waals surface area contributed by atoms with Gasteiger partial charge in [0.1, 0.15) is 5.01 Å². The predicted octanol–water partition coefficient (Wildman–Crippen LogP) is 4.13. The fraction of sp³-hybridized carbons (Fsp3) is 0.750. The van der Waals surface area contributed by atoms with Crippen molar-refractivity contribution in [2.24, 2.45) is 5.92 Å². The Kier molecular flexibility index (Phi) is 4.39. The summed E-state index contributed by atoms with van der Waals surface area (Å²) in [5.41, 5.74) is 0. The predicted molar refractivity (Wildman–Crippen MR) is 72.8 cm³/mol. The molecule has 2 nitrogen and oxygen atoms in total. The van der Waals surface area contributed by atoms with E-state index in [1.54, 1.807) is 11.3 Å². The standard InChI is InChI=1S/C12H19BrN2S/c1-8-5-3-4-6-10(8)15-9(2)12-14-7-11(13)16-12/h7-10,15H,3-6H2,1-2H3. The van der Waals surface area contributed by atoms with Gasteiger partial charge in [0.2, 0.25) is 0 Å². The van der Waals surface area contributed by atoms with Crippen LogP contribution >= 0.6 is 27.3 Å². The molecular formula is C12H19BrN2S. The molecule has 1 heterocycles. The minimum atomic E-state index is 0.377. The summed E-state index contributed by atoms with van der Waals surface area (Å²) in [4.78, 5) is 4.42. The Morgan fingerprint density at radius 3 is 2.88 bits per heavy atom. The second-order valence-corrected chi connectivity index (χ2v) is 7.20. The summed E-state index contributed by atoms with van der Waals surface area (Å²) in [6.07, 6.45) is 7.35. The second kappa shape index (κ2) is 5.61. The van der Waals surface area contributed by atoms with Crippen molar-refractivity contribution < 1.29 is 0 Å². The third-order valence-corrected chi connectivity index (χ3v) is 5.10. The van der Waals surface area contributed by atoms with Gasteiger partial charge in [-0.2, -0.15) is 0 Å². The lowest BCUT2D eigenvalue weighted by Crippen LogP contribution is -2.38. The van der Waals surface area contributed by atoms with E-state index in [0.29, 0.717) is 12.1 Å². The van der Waals surface area contributed by atoms with Crippen molar-refractivity contribution in [1.29, 1.82) is 0 Å². The molecule has 0 radical (unpaired) electrons. The van der Waals surface area contributed by atoms with Crippen LogP contribution in [-0.2, 0) is 0 Å². The van der Waals surface area contributed by atoms with Crippen molar-refractivity contribution in [3.63, 3.8) is 0 Å². The molecule has 0 amide bonds. The molecule has 3 unspecified atom stereocenters. The first-order valence-electron chi connectivity index (χ1n) is 6.04. The molecule has 2 rings (SSSR count). The second-order valence-electron chi connectivity index (χ2n) is 4.76. The van der Waals surface area contributed by atoms with Crippen LogP contribution in [0.5, 0.6) is 0 Å². The summed E-state index contributed by atoms with van der Waals surface area (Å²) in [5.74, 6) is 0.805. The highest BCUT2D eigenvalue weighted by atomic mass is 79.9. The van der Waals surface area contributed by atoms with Crippen molar-refractivity contribution in [1.82, 2.24) is 10.3 Å². The first-order valence-corrected chi connectivity index (χ1v) is 7.65. The average molecular weight is 303 g/mol. The molecule has 1 saturated carbocycles. The number of nitrogens with one attached hydrogen (secondary N) is 1. The molecule has 0 bridgehead atoms. The summed E-state index contributed by atoms with van der Waals surface area (Å²) >= 11 is 5.19. The smallest absolute Gasteiger partial charge is 0.110 e. The van der Waals surface area contributed by atoms with Gasteiger partial charge < -0.3 is 5.32 Å². The van der Waals surface area contributed by atoms with Gasteiger partial charge in [-0.3, -0.25) is 0 Å². The fourth-order valence-corrected chi connectivity index (χ4v) is 3.68. The number of aromatic nitrogens is 1.